The second kappa shape index (κ2) is 17.1. The van der Waals surface area contributed by atoms with E-state index in [9.17, 15) is 4.79 Å². The highest BCUT2D eigenvalue weighted by Crippen LogP contribution is 2.75. The molecule has 0 aromatic heterocycles. The summed E-state index contributed by atoms with van der Waals surface area (Å²) >= 11 is 0. The Morgan fingerprint density at radius 1 is 0.900 bits per heavy atom. The van der Waals surface area contributed by atoms with Crippen LogP contribution in [0, 0.1) is 23.2 Å². The Hall–Kier alpha value is -4.54. The molecule has 4 aliphatic carbocycles. The lowest BCUT2D eigenvalue weighted by Crippen LogP contribution is -2.42. The fourth-order valence-electron chi connectivity index (χ4n) is 10.0. The molecule has 5 atom stereocenters. The van der Waals surface area contributed by atoms with Crippen LogP contribution in [-0.2, 0) is 14.2 Å². The summed E-state index contributed by atoms with van der Waals surface area (Å²) in [7, 11) is 0. The molecule has 2 aromatic rings. The van der Waals surface area contributed by atoms with E-state index < -0.39 is 0 Å². The molecule has 0 saturated heterocycles. The van der Waals surface area contributed by atoms with Crippen molar-refractivity contribution < 1.29 is 23.4 Å². The number of hydrogen-bond donors (Lipinski definition) is 0. The van der Waals surface area contributed by atoms with Crippen LogP contribution in [0.1, 0.15) is 91.4 Å². The van der Waals surface area contributed by atoms with E-state index in [1.807, 2.05) is 29.3 Å². The summed E-state index contributed by atoms with van der Waals surface area (Å²) < 4.78 is 27.9. The van der Waals surface area contributed by atoms with E-state index in [2.05, 4.69) is 124 Å². The number of hydrogen-bond acceptors (Lipinski definition) is 9. The first-order valence-electron chi connectivity index (χ1n) is 22.6. The number of esters is 1. The van der Waals surface area contributed by atoms with Crippen LogP contribution in [0.4, 0.5) is 5.69 Å². The molecule has 2 saturated carbocycles. The summed E-state index contributed by atoms with van der Waals surface area (Å²) in [5.74, 6) is 2.67. The van der Waals surface area contributed by atoms with Crippen LogP contribution in [0.5, 0.6) is 0 Å². The number of rotatable bonds is 19. The number of carbonyl (C=O) groups is 1. The lowest BCUT2D eigenvalue weighted by atomic mass is 9.63. The number of anilines is 1. The van der Waals surface area contributed by atoms with Gasteiger partial charge in [-0.25, -0.2) is 9.37 Å². The first-order chi connectivity index (χ1) is 28.9. The molecule has 2 heterocycles. The quantitative estimate of drug-likeness (QED) is 0.0403. The first kappa shape index (κ1) is 42.2. The Balaban J connectivity index is 0.882. The molecule has 0 bridgehead atoms. The summed E-state index contributed by atoms with van der Waals surface area (Å²) in [5.41, 5.74) is 5.17. The van der Waals surface area contributed by atoms with Crippen molar-refractivity contribution in [2.75, 3.05) is 64.0 Å². The molecule has 60 heavy (non-hydrogen) atoms. The molecule has 2 aromatic carbocycles. The molecule has 6 aliphatic rings. The minimum Gasteiger partial charge on any atom is -0.460 e. The third kappa shape index (κ3) is 8.51. The van der Waals surface area contributed by atoms with Crippen LogP contribution in [0.3, 0.4) is 0 Å². The summed E-state index contributed by atoms with van der Waals surface area (Å²) in [4.78, 5) is 16.3. The van der Waals surface area contributed by atoms with Gasteiger partial charge in [-0.3, -0.25) is 5.01 Å². The van der Waals surface area contributed by atoms with Crippen molar-refractivity contribution in [2.24, 2.45) is 33.5 Å². The third-order valence-corrected chi connectivity index (χ3v) is 13.9. The summed E-state index contributed by atoms with van der Waals surface area (Å²) in [6.45, 7) is 23.8. The van der Waals surface area contributed by atoms with Gasteiger partial charge in [-0.2, -0.15) is 5.11 Å². The van der Waals surface area contributed by atoms with Crippen LogP contribution >= 0.6 is 0 Å². The maximum atomic E-state index is 14.0. The number of fused-ring (bicyclic) bond motifs is 2. The molecule has 320 valence electrons. The second-order valence-corrected chi connectivity index (χ2v) is 18.7. The molecule has 10 nitrogen and oxygen atoms in total. The van der Waals surface area contributed by atoms with E-state index >= 15 is 0 Å². The number of carbonyl (C=O) groups excluding carboxylic acids is 1. The monoisotopic (exact) mass is 817 g/mol. The van der Waals surface area contributed by atoms with Gasteiger partial charge in [0.25, 0.3) is 0 Å². The maximum absolute atomic E-state index is 14.0. The summed E-state index contributed by atoms with van der Waals surface area (Å²) in [6, 6.07) is 20.3. The fourth-order valence-corrected chi connectivity index (χ4v) is 10.0. The Bertz CT molecular complexity index is 2280. The largest absolute Gasteiger partial charge is 0.460 e. The van der Waals surface area contributed by atoms with E-state index in [4.69, 9.17) is 18.6 Å². The van der Waals surface area contributed by atoms with Gasteiger partial charge in [-0.05, 0) is 134 Å². The van der Waals surface area contributed by atoms with Crippen LogP contribution in [-0.4, -0.2) is 87.3 Å². The highest BCUT2D eigenvalue weighted by molar-refractivity contribution is 6.08. The van der Waals surface area contributed by atoms with E-state index in [1.54, 1.807) is 0 Å². The highest BCUT2D eigenvalue weighted by atomic mass is 16.5. The topological polar surface area (TPSA) is 92.1 Å². The lowest BCUT2D eigenvalue weighted by molar-refractivity contribution is -0.103. The van der Waals surface area contributed by atoms with Gasteiger partial charge in [0.05, 0.1) is 42.6 Å². The van der Waals surface area contributed by atoms with Gasteiger partial charge in [0.1, 0.15) is 37.1 Å². The molecule has 8 rings (SSSR count). The molecule has 1 spiro atoms. The summed E-state index contributed by atoms with van der Waals surface area (Å²) in [6.07, 6.45) is 9.27. The third-order valence-electron chi connectivity index (χ3n) is 13.9. The Morgan fingerprint density at radius 2 is 1.68 bits per heavy atom. The zero-order chi connectivity index (χ0) is 42.2. The van der Waals surface area contributed by atoms with E-state index in [0.717, 1.165) is 102 Å². The van der Waals surface area contributed by atoms with Gasteiger partial charge in [0.15, 0.2) is 0 Å². The molecular formula is C50H66N5O5+. The number of nitrogens with zero attached hydrogens (tertiary/aromatic N) is 5. The van der Waals surface area contributed by atoms with Gasteiger partial charge in [-0.1, -0.05) is 35.6 Å². The maximum Gasteiger partial charge on any atom is 0.338 e. The number of ether oxygens (including phenoxy) is 3. The normalized spacial score (nSPS) is 22.9. The van der Waals surface area contributed by atoms with Crippen molar-refractivity contribution in [3.05, 3.63) is 83.7 Å². The average molecular weight is 817 g/mol. The zero-order valence-electron chi connectivity index (χ0n) is 37.2. The number of benzene rings is 3. The average Bonchev–Trinajstić information content (AvgIpc) is 3.66. The van der Waals surface area contributed by atoms with E-state index in [1.165, 1.54) is 12.8 Å². The van der Waals surface area contributed by atoms with Gasteiger partial charge < -0.3 is 23.5 Å². The van der Waals surface area contributed by atoms with Crippen molar-refractivity contribution in [3.8, 4) is 22.5 Å². The predicted octanol–water partition coefficient (Wildman–Crippen LogP) is 9.65. The van der Waals surface area contributed by atoms with Crippen molar-refractivity contribution in [3.63, 3.8) is 0 Å². The molecule has 10 heteroatoms. The van der Waals surface area contributed by atoms with E-state index in [0.29, 0.717) is 36.6 Å². The highest BCUT2D eigenvalue weighted by Gasteiger charge is 2.68. The van der Waals surface area contributed by atoms with Crippen LogP contribution in [0.25, 0.3) is 33.4 Å². The van der Waals surface area contributed by atoms with Crippen LogP contribution < -0.4 is 14.8 Å². The number of allylic oxidation sites excluding steroid dienone is 2. The smallest absolute Gasteiger partial charge is 0.338 e. The van der Waals surface area contributed by atoms with Gasteiger partial charge >= 0.3 is 5.97 Å². The molecule has 5 unspecified atom stereocenters. The molecule has 2 aliphatic heterocycles. The van der Waals surface area contributed by atoms with Crippen molar-refractivity contribution in [1.29, 1.82) is 0 Å². The molecular weight excluding hydrogens is 751 g/mol. The molecule has 0 radical (unpaired) electrons. The minimum atomic E-state index is -0.383. The van der Waals surface area contributed by atoms with Crippen molar-refractivity contribution in [2.45, 2.75) is 98.3 Å². The molecule has 0 amide bonds. The predicted molar refractivity (Wildman–Crippen MR) is 239 cm³/mol. The van der Waals surface area contributed by atoms with Gasteiger partial charge in [0, 0.05) is 54.0 Å². The van der Waals surface area contributed by atoms with Gasteiger partial charge in [-0.15, -0.1) is 0 Å². The van der Waals surface area contributed by atoms with Crippen molar-refractivity contribution in [1.82, 2.24) is 9.58 Å². The first-order valence-corrected chi connectivity index (χ1v) is 22.6. The zero-order valence-corrected chi connectivity index (χ0v) is 37.2. The second-order valence-electron chi connectivity index (χ2n) is 18.7. The molecule has 0 N–H and O–H groups in total. The Kier molecular flexibility index (Phi) is 12.0. The van der Waals surface area contributed by atoms with Crippen LogP contribution in [0.2, 0.25) is 0 Å². The molecule has 2 fully saturated rings. The van der Waals surface area contributed by atoms with E-state index in [-0.39, 0.29) is 29.8 Å². The Labute approximate surface area is 356 Å². The Morgan fingerprint density at radius 3 is 2.43 bits per heavy atom. The fraction of sp³-hybridized carbons (Fsp3) is 0.560. The standard InChI is InChI=1S/C50H66N5O5/c1-9-53(10-2)37-18-20-41-44(27-37)60-45-28-38(54(11-3)12-4)19-21-42(45)46(41)39-15-13-14-16-40(39)47(56)57-33-36-31-55(52-51-36)25-23-48(5,6)58-26-24-49(7,8)59-32-34-29-50-30-35(50)17-22-43(34)50/h13-22,27-28,34-36,43H,9-12,23-26,29-33H2,1-8H3/q+1. The minimum absolute atomic E-state index is 0.147. The summed E-state index contributed by atoms with van der Waals surface area (Å²) in [5, 5.41) is 12.9. The SMILES string of the molecule is CCN(CC)c1ccc2c(-c3ccccc3C(=O)OCC3CN(CCC(C)(C)OCCC(C)(C)OCC4CC56CC5C=CC46)N=N3)c3ccc(=[N+](CC)CC)cc-3oc2c1. The van der Waals surface area contributed by atoms with Crippen LogP contribution in [0.15, 0.2) is 87.6 Å². The van der Waals surface area contributed by atoms with Crippen molar-refractivity contribution >= 4 is 22.6 Å². The lowest BCUT2D eigenvalue weighted by Gasteiger charge is -2.44. The van der Waals surface area contributed by atoms with Gasteiger partial charge in [0.2, 0.25) is 5.36 Å².